The van der Waals surface area contributed by atoms with Crippen LogP contribution in [0.3, 0.4) is 0 Å². The summed E-state index contributed by atoms with van der Waals surface area (Å²) < 4.78 is 10.9. The Morgan fingerprint density at radius 1 is 1.28 bits per heavy atom. The van der Waals surface area contributed by atoms with Crippen molar-refractivity contribution in [2.75, 3.05) is 32.2 Å². The first kappa shape index (κ1) is 15.2. The minimum absolute atomic E-state index is 0.402. The molecule has 0 saturated heterocycles. The largest absolute Gasteiger partial charge is 0.379 e. The van der Waals surface area contributed by atoms with Crippen LogP contribution < -0.4 is 5.32 Å². The number of nitrogens with one attached hydrogen (secondary N) is 1. The molecule has 0 saturated carbocycles. The first-order valence-corrected chi connectivity index (χ1v) is 6.50. The van der Waals surface area contributed by atoms with Crippen LogP contribution in [-0.4, -0.2) is 31.9 Å². The molecule has 0 amide bonds. The number of rotatable bonds is 8. The molecule has 1 aromatic heterocycles. The van der Waals surface area contributed by atoms with Crippen LogP contribution >= 0.6 is 11.6 Å². The molecule has 0 radical (unpaired) electrons. The Morgan fingerprint density at radius 3 is 2.67 bits per heavy atom. The highest BCUT2D eigenvalue weighted by Gasteiger charge is 2.03. The van der Waals surface area contributed by atoms with Gasteiger partial charge in [0.2, 0.25) is 0 Å². The van der Waals surface area contributed by atoms with Crippen molar-refractivity contribution in [3.63, 3.8) is 0 Å². The standard InChI is InChI=1S/C13H21ClN2O2/c1-10(2)8-17-6-7-18-9-12-11(14)4-5-13(15-3)16-12/h4-5,10H,6-9H2,1-3H3,(H,15,16). The van der Waals surface area contributed by atoms with Crippen LogP contribution in [0.1, 0.15) is 19.5 Å². The highest BCUT2D eigenvalue weighted by molar-refractivity contribution is 6.31. The Bertz CT molecular complexity index is 359. The molecule has 1 heterocycles. The molecule has 0 unspecified atom stereocenters. The van der Waals surface area contributed by atoms with E-state index in [1.807, 2.05) is 19.2 Å². The molecule has 102 valence electrons. The molecule has 0 aliphatic heterocycles. The van der Waals surface area contributed by atoms with Crippen LogP contribution in [-0.2, 0) is 16.1 Å². The molecule has 0 aliphatic rings. The van der Waals surface area contributed by atoms with Gasteiger partial charge in [-0.3, -0.25) is 0 Å². The van der Waals surface area contributed by atoms with Crippen molar-refractivity contribution in [3.8, 4) is 0 Å². The quantitative estimate of drug-likeness (QED) is 0.739. The maximum Gasteiger partial charge on any atom is 0.126 e. The lowest BCUT2D eigenvalue weighted by molar-refractivity contribution is 0.0305. The third-order valence-electron chi connectivity index (χ3n) is 2.24. The Hall–Kier alpha value is -0.840. The van der Waals surface area contributed by atoms with E-state index < -0.39 is 0 Å². The summed E-state index contributed by atoms with van der Waals surface area (Å²) in [4.78, 5) is 4.33. The first-order valence-electron chi connectivity index (χ1n) is 6.12. The fraction of sp³-hybridized carbons (Fsp3) is 0.615. The zero-order valence-corrected chi connectivity index (χ0v) is 12.0. The highest BCUT2D eigenvalue weighted by Crippen LogP contribution is 2.17. The monoisotopic (exact) mass is 272 g/mol. The lowest BCUT2D eigenvalue weighted by Gasteiger charge is -2.09. The molecule has 0 fully saturated rings. The lowest BCUT2D eigenvalue weighted by atomic mass is 10.2. The summed E-state index contributed by atoms with van der Waals surface area (Å²) in [6, 6.07) is 3.64. The second kappa shape index (κ2) is 8.29. The van der Waals surface area contributed by atoms with E-state index in [9.17, 15) is 0 Å². The fourth-order valence-corrected chi connectivity index (χ4v) is 1.49. The van der Waals surface area contributed by atoms with Crippen LogP contribution in [0.2, 0.25) is 5.02 Å². The third kappa shape index (κ3) is 5.67. The molecule has 0 aliphatic carbocycles. The van der Waals surface area contributed by atoms with Crippen molar-refractivity contribution in [1.29, 1.82) is 0 Å². The zero-order valence-electron chi connectivity index (χ0n) is 11.2. The van der Waals surface area contributed by atoms with Crippen molar-refractivity contribution < 1.29 is 9.47 Å². The third-order valence-corrected chi connectivity index (χ3v) is 2.58. The minimum Gasteiger partial charge on any atom is -0.379 e. The van der Waals surface area contributed by atoms with Crippen LogP contribution in [0, 0.1) is 5.92 Å². The summed E-state index contributed by atoms with van der Waals surface area (Å²) in [5, 5.41) is 3.59. The molecule has 0 atom stereocenters. The van der Waals surface area contributed by atoms with E-state index >= 15 is 0 Å². The van der Waals surface area contributed by atoms with Crippen LogP contribution in [0.5, 0.6) is 0 Å². The Kier molecular flexibility index (Phi) is 7.01. The summed E-state index contributed by atoms with van der Waals surface area (Å²) in [6.45, 7) is 6.55. The molecular weight excluding hydrogens is 252 g/mol. The van der Waals surface area contributed by atoms with Crippen molar-refractivity contribution in [2.24, 2.45) is 5.92 Å². The van der Waals surface area contributed by atoms with Crippen molar-refractivity contribution >= 4 is 17.4 Å². The van der Waals surface area contributed by atoms with E-state index in [2.05, 4.69) is 24.1 Å². The smallest absolute Gasteiger partial charge is 0.126 e. The predicted octanol–water partition coefficient (Wildman–Crippen LogP) is 2.97. The molecular formula is C13H21ClN2O2. The van der Waals surface area contributed by atoms with Gasteiger partial charge in [-0.1, -0.05) is 25.4 Å². The molecule has 0 spiro atoms. The topological polar surface area (TPSA) is 43.4 Å². The lowest BCUT2D eigenvalue weighted by Crippen LogP contribution is -2.09. The van der Waals surface area contributed by atoms with E-state index in [1.54, 1.807) is 0 Å². The van der Waals surface area contributed by atoms with Crippen molar-refractivity contribution in [2.45, 2.75) is 20.5 Å². The van der Waals surface area contributed by atoms with Crippen LogP contribution in [0.4, 0.5) is 5.82 Å². The number of hydrogen-bond acceptors (Lipinski definition) is 4. The normalized spacial score (nSPS) is 10.9. The molecule has 18 heavy (non-hydrogen) atoms. The van der Waals surface area contributed by atoms with Gasteiger partial charge in [0, 0.05) is 13.7 Å². The van der Waals surface area contributed by atoms with Crippen LogP contribution in [0.25, 0.3) is 0 Å². The van der Waals surface area contributed by atoms with Gasteiger partial charge >= 0.3 is 0 Å². The average molecular weight is 273 g/mol. The Labute approximate surface area is 114 Å². The van der Waals surface area contributed by atoms with Gasteiger partial charge in [0.05, 0.1) is 30.5 Å². The molecule has 4 nitrogen and oxygen atoms in total. The number of pyridine rings is 1. The Balaban J connectivity index is 2.26. The van der Waals surface area contributed by atoms with Gasteiger partial charge in [-0.15, -0.1) is 0 Å². The predicted molar refractivity (Wildman–Crippen MR) is 74.1 cm³/mol. The summed E-state index contributed by atoms with van der Waals surface area (Å²) in [5.74, 6) is 1.34. The summed E-state index contributed by atoms with van der Waals surface area (Å²) in [5.41, 5.74) is 0.743. The minimum atomic E-state index is 0.402. The van der Waals surface area contributed by atoms with Gasteiger partial charge in [0.25, 0.3) is 0 Å². The molecule has 0 aromatic carbocycles. The molecule has 5 heteroatoms. The van der Waals surface area contributed by atoms with E-state index in [-0.39, 0.29) is 0 Å². The number of hydrogen-bond donors (Lipinski definition) is 1. The van der Waals surface area contributed by atoms with Crippen molar-refractivity contribution in [1.82, 2.24) is 4.98 Å². The molecule has 0 bridgehead atoms. The van der Waals surface area contributed by atoms with E-state index in [0.29, 0.717) is 30.8 Å². The van der Waals surface area contributed by atoms with Crippen LogP contribution in [0.15, 0.2) is 12.1 Å². The SMILES string of the molecule is CNc1ccc(Cl)c(COCCOCC(C)C)n1. The van der Waals surface area contributed by atoms with Gasteiger partial charge in [-0.2, -0.15) is 0 Å². The van der Waals surface area contributed by atoms with Gasteiger partial charge in [-0.05, 0) is 18.1 Å². The molecule has 1 rings (SSSR count). The molecule has 1 aromatic rings. The fourth-order valence-electron chi connectivity index (χ4n) is 1.33. The maximum absolute atomic E-state index is 6.03. The first-order chi connectivity index (χ1) is 8.63. The van der Waals surface area contributed by atoms with Gasteiger partial charge < -0.3 is 14.8 Å². The second-order valence-corrected chi connectivity index (χ2v) is 4.80. The number of aromatic nitrogens is 1. The maximum atomic E-state index is 6.03. The van der Waals surface area contributed by atoms with Gasteiger partial charge in [0.1, 0.15) is 5.82 Å². The Morgan fingerprint density at radius 2 is 2.00 bits per heavy atom. The van der Waals surface area contributed by atoms with Gasteiger partial charge in [0.15, 0.2) is 0 Å². The van der Waals surface area contributed by atoms with E-state index in [1.165, 1.54) is 0 Å². The van der Waals surface area contributed by atoms with E-state index in [4.69, 9.17) is 21.1 Å². The van der Waals surface area contributed by atoms with Gasteiger partial charge in [-0.25, -0.2) is 4.98 Å². The van der Waals surface area contributed by atoms with Crippen molar-refractivity contribution in [3.05, 3.63) is 22.8 Å². The number of nitrogens with zero attached hydrogens (tertiary/aromatic N) is 1. The summed E-state index contributed by atoms with van der Waals surface area (Å²) >= 11 is 6.03. The highest BCUT2D eigenvalue weighted by atomic mass is 35.5. The number of halogens is 1. The number of anilines is 1. The average Bonchev–Trinajstić information content (AvgIpc) is 2.35. The second-order valence-electron chi connectivity index (χ2n) is 4.40. The molecule has 1 N–H and O–H groups in total. The van der Waals surface area contributed by atoms with E-state index in [0.717, 1.165) is 18.1 Å². The summed E-state index contributed by atoms with van der Waals surface area (Å²) in [6.07, 6.45) is 0. The zero-order chi connectivity index (χ0) is 13.4. The summed E-state index contributed by atoms with van der Waals surface area (Å²) in [7, 11) is 1.82. The number of ether oxygens (including phenoxy) is 2.